The number of hydrogen-bond acceptors (Lipinski definition) is 5. The van der Waals surface area contributed by atoms with Gasteiger partial charge < -0.3 is 14.0 Å². The maximum absolute atomic E-state index is 12.0. The summed E-state index contributed by atoms with van der Waals surface area (Å²) in [4.78, 5) is 27.8. The summed E-state index contributed by atoms with van der Waals surface area (Å²) in [6.07, 6.45) is 0. The summed E-state index contributed by atoms with van der Waals surface area (Å²) in [5.41, 5.74) is 0.651. The topological polar surface area (TPSA) is 70.4 Å². The van der Waals surface area contributed by atoms with Crippen molar-refractivity contribution in [3.63, 3.8) is 0 Å². The van der Waals surface area contributed by atoms with Gasteiger partial charge >= 0.3 is 11.9 Å². The Labute approximate surface area is 140 Å². The molecule has 22 heavy (non-hydrogen) atoms. The molecule has 8 heteroatoms. The highest BCUT2D eigenvalue weighted by Gasteiger charge is 2.28. The van der Waals surface area contributed by atoms with Crippen LogP contribution < -0.4 is 0 Å². The predicted octanol–water partition coefficient (Wildman–Crippen LogP) is 2.92. The monoisotopic (exact) mass is 386 g/mol. The van der Waals surface area contributed by atoms with E-state index < -0.39 is 11.9 Å². The van der Waals surface area contributed by atoms with E-state index in [0.717, 1.165) is 5.56 Å². The highest BCUT2D eigenvalue weighted by atomic mass is 79.9. The van der Waals surface area contributed by atoms with E-state index in [1.54, 1.807) is 12.1 Å². The molecule has 0 fully saturated rings. The quantitative estimate of drug-likeness (QED) is 0.754. The summed E-state index contributed by atoms with van der Waals surface area (Å²) >= 11 is 9.37. The van der Waals surface area contributed by atoms with Crippen LogP contribution in [0.5, 0.6) is 0 Å². The van der Waals surface area contributed by atoms with Crippen molar-refractivity contribution in [2.45, 2.75) is 6.54 Å². The lowest BCUT2D eigenvalue weighted by Crippen LogP contribution is -2.16. The van der Waals surface area contributed by atoms with E-state index in [1.165, 1.54) is 18.8 Å². The Morgan fingerprint density at radius 3 is 2.45 bits per heavy atom. The van der Waals surface area contributed by atoms with Crippen molar-refractivity contribution in [1.82, 2.24) is 9.55 Å². The second kappa shape index (κ2) is 6.93. The maximum atomic E-state index is 12.0. The van der Waals surface area contributed by atoms with E-state index in [9.17, 15) is 9.59 Å². The largest absolute Gasteiger partial charge is 0.464 e. The highest BCUT2D eigenvalue weighted by Crippen LogP contribution is 2.23. The third-order valence-electron chi connectivity index (χ3n) is 2.96. The molecular weight excluding hydrogens is 376 g/mol. The van der Waals surface area contributed by atoms with Crippen LogP contribution in [0.4, 0.5) is 0 Å². The van der Waals surface area contributed by atoms with Gasteiger partial charge in [0.1, 0.15) is 0 Å². The van der Waals surface area contributed by atoms with E-state index in [0.29, 0.717) is 9.76 Å². The van der Waals surface area contributed by atoms with E-state index in [2.05, 4.69) is 25.7 Å². The summed E-state index contributed by atoms with van der Waals surface area (Å²) in [6.45, 7) is 0.245. The number of halogens is 2. The van der Waals surface area contributed by atoms with Crippen molar-refractivity contribution in [2.75, 3.05) is 14.2 Å². The van der Waals surface area contributed by atoms with Crippen LogP contribution in [-0.4, -0.2) is 35.7 Å². The summed E-state index contributed by atoms with van der Waals surface area (Å²) in [5, 5.41) is 0.540. The van der Waals surface area contributed by atoms with Gasteiger partial charge in [0.15, 0.2) is 16.1 Å². The number of benzene rings is 1. The molecule has 1 aromatic heterocycles. The molecule has 0 unspecified atom stereocenters. The second-order valence-corrected chi connectivity index (χ2v) is 5.36. The van der Waals surface area contributed by atoms with Gasteiger partial charge in [-0.25, -0.2) is 14.6 Å². The fourth-order valence-corrected chi connectivity index (χ4v) is 2.58. The molecule has 2 rings (SSSR count). The minimum atomic E-state index is -0.723. The van der Waals surface area contributed by atoms with Crippen LogP contribution >= 0.6 is 27.5 Å². The van der Waals surface area contributed by atoms with Gasteiger partial charge in [-0.1, -0.05) is 29.8 Å². The molecule has 0 saturated carbocycles. The zero-order valence-corrected chi connectivity index (χ0v) is 14.1. The molecule has 1 aromatic carbocycles. The Bertz CT molecular complexity index is 730. The van der Waals surface area contributed by atoms with Crippen molar-refractivity contribution in [3.05, 3.63) is 51.0 Å². The Balaban J connectivity index is 2.55. The third kappa shape index (κ3) is 3.15. The molecule has 0 radical (unpaired) electrons. The molecule has 0 bridgehead atoms. The smallest absolute Gasteiger partial charge is 0.359 e. The van der Waals surface area contributed by atoms with E-state index in [4.69, 9.17) is 16.3 Å². The Hall–Kier alpha value is -1.86. The molecule has 0 aliphatic carbocycles. The zero-order valence-electron chi connectivity index (χ0n) is 11.8. The molecule has 0 atom stereocenters. The van der Waals surface area contributed by atoms with Crippen molar-refractivity contribution in [1.29, 1.82) is 0 Å². The number of hydrogen-bond donors (Lipinski definition) is 0. The minimum Gasteiger partial charge on any atom is -0.464 e. The van der Waals surface area contributed by atoms with Crippen molar-refractivity contribution < 1.29 is 19.1 Å². The van der Waals surface area contributed by atoms with Gasteiger partial charge in [-0.3, -0.25) is 0 Å². The fraction of sp³-hybridized carbons (Fsp3) is 0.214. The minimum absolute atomic E-state index is 0.00106. The van der Waals surface area contributed by atoms with Crippen LogP contribution in [0.15, 0.2) is 29.0 Å². The Morgan fingerprint density at radius 1 is 1.23 bits per heavy atom. The Kier molecular flexibility index (Phi) is 5.20. The maximum Gasteiger partial charge on any atom is 0.359 e. The summed E-state index contributed by atoms with van der Waals surface area (Å²) in [6, 6.07) is 7.18. The molecule has 0 aliphatic rings. The second-order valence-electron chi connectivity index (χ2n) is 4.24. The number of methoxy groups -OCH3 is 2. The molecule has 0 amide bonds. The number of imidazole rings is 1. The van der Waals surface area contributed by atoms with Crippen LogP contribution in [-0.2, 0) is 16.0 Å². The van der Waals surface area contributed by atoms with Crippen LogP contribution in [0.25, 0.3) is 0 Å². The van der Waals surface area contributed by atoms with Crippen LogP contribution in [0.1, 0.15) is 26.5 Å². The van der Waals surface area contributed by atoms with Crippen molar-refractivity contribution in [2.24, 2.45) is 0 Å². The van der Waals surface area contributed by atoms with E-state index >= 15 is 0 Å². The molecular formula is C14H12BrClN2O4. The number of ether oxygens (including phenoxy) is 2. The van der Waals surface area contributed by atoms with Gasteiger partial charge in [0.25, 0.3) is 0 Å². The fourth-order valence-electron chi connectivity index (χ4n) is 1.91. The predicted molar refractivity (Wildman–Crippen MR) is 83.2 cm³/mol. The standard InChI is InChI=1S/C14H12BrClN2O4/c1-21-12(19)10-11(13(20)22-2)18(14(15)17-10)7-8-5-3-4-6-9(8)16/h3-6H,7H2,1-2H3. The summed E-state index contributed by atoms with van der Waals surface area (Å²) in [5.74, 6) is -1.41. The van der Waals surface area contributed by atoms with Gasteiger partial charge in [0, 0.05) is 5.02 Å². The summed E-state index contributed by atoms with van der Waals surface area (Å²) < 4.78 is 11.2. The first-order valence-electron chi connectivity index (χ1n) is 6.15. The van der Waals surface area contributed by atoms with E-state index in [-0.39, 0.29) is 17.9 Å². The first-order valence-corrected chi connectivity index (χ1v) is 7.32. The van der Waals surface area contributed by atoms with Crippen LogP contribution in [0.2, 0.25) is 5.02 Å². The summed E-state index contributed by atoms with van der Waals surface area (Å²) in [7, 11) is 2.44. The number of nitrogens with zero attached hydrogens (tertiary/aromatic N) is 2. The number of carbonyl (C=O) groups is 2. The Morgan fingerprint density at radius 2 is 1.86 bits per heavy atom. The lowest BCUT2D eigenvalue weighted by atomic mass is 10.2. The normalized spacial score (nSPS) is 10.4. The first kappa shape index (κ1) is 16.5. The molecule has 0 spiro atoms. The van der Waals surface area contributed by atoms with Gasteiger partial charge in [0.05, 0.1) is 20.8 Å². The molecule has 1 heterocycles. The molecule has 2 aromatic rings. The van der Waals surface area contributed by atoms with E-state index in [1.807, 2.05) is 12.1 Å². The van der Waals surface area contributed by atoms with Gasteiger partial charge in [-0.2, -0.15) is 0 Å². The number of esters is 2. The lowest BCUT2D eigenvalue weighted by molar-refractivity contribution is 0.0544. The average Bonchev–Trinajstić information content (AvgIpc) is 2.85. The van der Waals surface area contributed by atoms with Gasteiger partial charge in [-0.05, 0) is 27.6 Å². The van der Waals surface area contributed by atoms with Crippen LogP contribution in [0, 0.1) is 0 Å². The molecule has 6 nitrogen and oxygen atoms in total. The van der Waals surface area contributed by atoms with Crippen LogP contribution in [0.3, 0.4) is 0 Å². The number of aromatic nitrogens is 2. The SMILES string of the molecule is COC(=O)c1nc(Br)n(Cc2ccccc2Cl)c1C(=O)OC. The zero-order chi connectivity index (χ0) is 16.3. The number of carbonyl (C=O) groups excluding carboxylic acids is 2. The molecule has 0 saturated heterocycles. The molecule has 0 N–H and O–H groups in total. The van der Waals surface area contributed by atoms with Gasteiger partial charge in [0.2, 0.25) is 0 Å². The first-order chi connectivity index (χ1) is 10.5. The van der Waals surface area contributed by atoms with Crippen molar-refractivity contribution >= 4 is 39.5 Å². The van der Waals surface area contributed by atoms with Crippen molar-refractivity contribution in [3.8, 4) is 0 Å². The molecule has 116 valence electrons. The lowest BCUT2D eigenvalue weighted by Gasteiger charge is -2.10. The number of rotatable bonds is 4. The third-order valence-corrected chi connectivity index (χ3v) is 3.94. The van der Waals surface area contributed by atoms with Gasteiger partial charge in [-0.15, -0.1) is 0 Å². The highest BCUT2D eigenvalue weighted by molar-refractivity contribution is 9.10. The average molecular weight is 388 g/mol. The molecule has 0 aliphatic heterocycles.